The van der Waals surface area contributed by atoms with Gasteiger partial charge in [-0.3, -0.25) is 0 Å². The van der Waals surface area contributed by atoms with Gasteiger partial charge in [0.25, 0.3) is 6.01 Å². The second-order valence-corrected chi connectivity index (χ2v) is 8.49. The number of anilines is 1. The molecule has 0 saturated carbocycles. The molecule has 2 aromatic rings. The molecule has 1 saturated heterocycles. The summed E-state index contributed by atoms with van der Waals surface area (Å²) < 4.78 is 5.85. The molecule has 2 heterocycles. The number of aromatic nitrogens is 1. The Kier molecular flexibility index (Phi) is 11.5. The van der Waals surface area contributed by atoms with Crippen molar-refractivity contribution in [3.8, 4) is 0 Å². The van der Waals surface area contributed by atoms with Crippen LogP contribution in [0.4, 0.5) is 6.01 Å². The summed E-state index contributed by atoms with van der Waals surface area (Å²) in [6, 6.07) is 7.15. The lowest BCUT2D eigenvalue weighted by Gasteiger charge is -2.07. The maximum atomic E-state index is 5.85. The molecular formula is C24H40ClN3O. The highest BCUT2D eigenvalue weighted by molar-refractivity contribution is 5.85. The average molecular weight is 422 g/mol. The second kappa shape index (κ2) is 13.9. The zero-order chi connectivity index (χ0) is 19.4. The first-order valence-electron chi connectivity index (χ1n) is 11.7. The number of benzene rings is 1. The van der Waals surface area contributed by atoms with Crippen LogP contribution in [0.5, 0.6) is 0 Å². The van der Waals surface area contributed by atoms with Gasteiger partial charge in [-0.05, 0) is 56.0 Å². The largest absolute Gasteiger partial charge is 0.424 e. The summed E-state index contributed by atoms with van der Waals surface area (Å²) in [5.41, 5.74) is 3.25. The van der Waals surface area contributed by atoms with Gasteiger partial charge in [-0.1, -0.05) is 70.8 Å². The Bertz CT molecular complexity index is 682. The molecule has 1 aliphatic rings. The van der Waals surface area contributed by atoms with Crippen LogP contribution >= 0.6 is 12.4 Å². The topological polar surface area (TPSA) is 50.1 Å². The summed E-state index contributed by atoms with van der Waals surface area (Å²) in [5.74, 6) is 0.682. The highest BCUT2D eigenvalue weighted by atomic mass is 35.5. The molecule has 0 bridgehead atoms. The van der Waals surface area contributed by atoms with Crippen molar-refractivity contribution >= 4 is 29.5 Å². The van der Waals surface area contributed by atoms with Crippen molar-refractivity contribution < 1.29 is 4.42 Å². The van der Waals surface area contributed by atoms with E-state index in [2.05, 4.69) is 40.7 Å². The van der Waals surface area contributed by atoms with E-state index in [0.29, 0.717) is 11.9 Å². The monoisotopic (exact) mass is 421 g/mol. The number of hydrogen-bond acceptors (Lipinski definition) is 4. The lowest BCUT2D eigenvalue weighted by Crippen LogP contribution is -2.17. The number of oxazole rings is 1. The van der Waals surface area contributed by atoms with Crippen molar-refractivity contribution in [1.82, 2.24) is 10.3 Å². The molecule has 1 aromatic carbocycles. The third kappa shape index (κ3) is 8.55. The number of nitrogens with zero attached hydrogens (tertiary/aromatic N) is 1. The summed E-state index contributed by atoms with van der Waals surface area (Å²) in [6.45, 7) is 5.44. The lowest BCUT2D eigenvalue weighted by molar-refractivity contribution is 0.556. The standard InChI is InChI=1S/C24H39N3O.ClH/c1-2-3-4-5-6-7-8-9-10-11-12-20-13-14-23-22(17-20)27-24(28-23)26-19-21-15-16-25-18-21;/h13-14,17,21,25H,2-12,15-16,18-19H2,1H3,(H,26,27);1H/t21-;/m0./s1. The Hall–Kier alpha value is -1.26. The van der Waals surface area contributed by atoms with Crippen LogP contribution in [0.25, 0.3) is 11.1 Å². The molecule has 0 spiro atoms. The molecule has 0 radical (unpaired) electrons. The number of aryl methyl sites for hydroxylation is 1. The highest BCUT2D eigenvalue weighted by Gasteiger charge is 2.15. The molecular weight excluding hydrogens is 382 g/mol. The van der Waals surface area contributed by atoms with Gasteiger partial charge in [-0.25, -0.2) is 0 Å². The minimum Gasteiger partial charge on any atom is -0.424 e. The van der Waals surface area contributed by atoms with Crippen molar-refractivity contribution in [2.45, 2.75) is 84.0 Å². The van der Waals surface area contributed by atoms with Crippen molar-refractivity contribution in [3.05, 3.63) is 23.8 Å². The van der Waals surface area contributed by atoms with Crippen LogP contribution in [0.2, 0.25) is 0 Å². The fourth-order valence-corrected chi connectivity index (χ4v) is 4.14. The van der Waals surface area contributed by atoms with Gasteiger partial charge in [0.1, 0.15) is 5.52 Å². The SMILES string of the molecule is CCCCCCCCCCCCc1ccc2oc(NC[C@H]3CCNC3)nc2c1.Cl. The molecule has 5 heteroatoms. The summed E-state index contributed by atoms with van der Waals surface area (Å²) >= 11 is 0. The summed E-state index contributed by atoms with van der Waals surface area (Å²) in [4.78, 5) is 4.64. The average Bonchev–Trinajstić information content (AvgIpc) is 3.36. The van der Waals surface area contributed by atoms with Gasteiger partial charge in [0.05, 0.1) is 0 Å². The first kappa shape index (κ1) is 24.0. The Balaban J connectivity index is 0.00000300. The highest BCUT2D eigenvalue weighted by Crippen LogP contribution is 2.22. The maximum absolute atomic E-state index is 5.85. The number of rotatable bonds is 14. The van der Waals surface area contributed by atoms with Crippen molar-refractivity contribution in [2.75, 3.05) is 25.0 Å². The minimum absolute atomic E-state index is 0. The van der Waals surface area contributed by atoms with Crippen LogP contribution in [0.1, 0.15) is 83.1 Å². The summed E-state index contributed by atoms with van der Waals surface area (Å²) in [7, 11) is 0. The Morgan fingerprint density at radius 2 is 1.76 bits per heavy atom. The molecule has 1 aliphatic heterocycles. The quantitative estimate of drug-likeness (QED) is 0.332. The van der Waals surface area contributed by atoms with Crippen LogP contribution in [-0.4, -0.2) is 24.6 Å². The molecule has 1 aromatic heterocycles. The molecule has 3 rings (SSSR count). The van der Waals surface area contributed by atoms with Crippen molar-refractivity contribution in [1.29, 1.82) is 0 Å². The van der Waals surface area contributed by atoms with E-state index >= 15 is 0 Å². The van der Waals surface area contributed by atoms with Gasteiger partial charge in [0, 0.05) is 6.54 Å². The van der Waals surface area contributed by atoms with Gasteiger partial charge >= 0.3 is 0 Å². The zero-order valence-electron chi connectivity index (χ0n) is 18.2. The zero-order valence-corrected chi connectivity index (χ0v) is 19.0. The first-order valence-corrected chi connectivity index (χ1v) is 11.7. The molecule has 0 unspecified atom stereocenters. The number of unbranched alkanes of at least 4 members (excludes halogenated alkanes) is 9. The number of halogens is 1. The summed E-state index contributed by atoms with van der Waals surface area (Å²) in [6.07, 6.45) is 16.2. The molecule has 164 valence electrons. The molecule has 29 heavy (non-hydrogen) atoms. The van der Waals surface area contributed by atoms with Crippen LogP contribution in [0.3, 0.4) is 0 Å². The van der Waals surface area contributed by atoms with Gasteiger partial charge in [0.15, 0.2) is 5.58 Å². The van der Waals surface area contributed by atoms with E-state index in [1.54, 1.807) is 0 Å². The van der Waals surface area contributed by atoms with Gasteiger partial charge in [-0.2, -0.15) is 4.98 Å². The Morgan fingerprint density at radius 3 is 2.45 bits per heavy atom. The van der Waals surface area contributed by atoms with Crippen LogP contribution in [-0.2, 0) is 6.42 Å². The maximum Gasteiger partial charge on any atom is 0.295 e. The van der Waals surface area contributed by atoms with Crippen molar-refractivity contribution in [2.24, 2.45) is 5.92 Å². The van der Waals surface area contributed by atoms with E-state index in [1.165, 1.54) is 76.2 Å². The predicted octanol–water partition coefficient (Wildman–Crippen LogP) is 6.73. The fraction of sp³-hybridized carbons (Fsp3) is 0.708. The van der Waals surface area contributed by atoms with E-state index < -0.39 is 0 Å². The normalized spacial score (nSPS) is 16.2. The lowest BCUT2D eigenvalue weighted by atomic mass is 10.0. The van der Waals surface area contributed by atoms with E-state index in [9.17, 15) is 0 Å². The number of hydrogen-bond donors (Lipinski definition) is 2. The number of fused-ring (bicyclic) bond motifs is 1. The number of nitrogens with one attached hydrogen (secondary N) is 2. The van der Waals surface area contributed by atoms with Gasteiger partial charge in [-0.15, -0.1) is 12.4 Å². The molecule has 1 fully saturated rings. The molecule has 0 amide bonds. The Labute approximate surface area is 183 Å². The van der Waals surface area contributed by atoms with Crippen LogP contribution < -0.4 is 10.6 Å². The van der Waals surface area contributed by atoms with Crippen molar-refractivity contribution in [3.63, 3.8) is 0 Å². The van der Waals surface area contributed by atoms with Gasteiger partial charge in [0.2, 0.25) is 0 Å². The molecule has 4 nitrogen and oxygen atoms in total. The Morgan fingerprint density at radius 1 is 1.03 bits per heavy atom. The minimum atomic E-state index is 0. The first-order chi connectivity index (χ1) is 13.8. The summed E-state index contributed by atoms with van der Waals surface area (Å²) in [5, 5.41) is 6.76. The van der Waals surface area contributed by atoms with Crippen LogP contribution in [0, 0.1) is 5.92 Å². The second-order valence-electron chi connectivity index (χ2n) is 8.49. The van der Waals surface area contributed by atoms with E-state index in [1.807, 2.05) is 0 Å². The predicted molar refractivity (Wildman–Crippen MR) is 126 cm³/mol. The van der Waals surface area contributed by atoms with E-state index in [-0.39, 0.29) is 12.4 Å². The molecule has 0 aliphatic carbocycles. The molecule has 2 N–H and O–H groups in total. The van der Waals surface area contributed by atoms with E-state index in [0.717, 1.165) is 37.2 Å². The van der Waals surface area contributed by atoms with Crippen LogP contribution in [0.15, 0.2) is 22.6 Å². The molecule has 1 atom stereocenters. The smallest absolute Gasteiger partial charge is 0.295 e. The fourth-order valence-electron chi connectivity index (χ4n) is 4.14. The third-order valence-corrected chi connectivity index (χ3v) is 5.98. The van der Waals surface area contributed by atoms with E-state index in [4.69, 9.17) is 4.42 Å². The third-order valence-electron chi connectivity index (χ3n) is 5.98. The van der Waals surface area contributed by atoms with Gasteiger partial charge < -0.3 is 15.1 Å².